The van der Waals surface area contributed by atoms with Gasteiger partial charge in [0.05, 0.1) is 12.0 Å². The molecule has 1 heterocycles. The zero-order valence-corrected chi connectivity index (χ0v) is 15.9. The summed E-state index contributed by atoms with van der Waals surface area (Å²) in [5.74, 6) is 1.46. The lowest BCUT2D eigenvalue weighted by molar-refractivity contribution is 0.103. The molecule has 0 aliphatic heterocycles. The fourth-order valence-electron chi connectivity index (χ4n) is 2.41. The van der Waals surface area contributed by atoms with Crippen molar-refractivity contribution in [1.29, 1.82) is 0 Å². The Balaban J connectivity index is 1.59. The van der Waals surface area contributed by atoms with Crippen LogP contribution in [0.3, 0.4) is 0 Å². The molecule has 4 nitrogen and oxygen atoms in total. The average Bonchev–Trinajstić information content (AvgIpc) is 3.12. The van der Waals surface area contributed by atoms with E-state index >= 15 is 0 Å². The largest absolute Gasteiger partial charge is 0.497 e. The van der Waals surface area contributed by atoms with Crippen molar-refractivity contribution in [3.8, 4) is 11.5 Å². The molecular weight excluding hydrogens is 346 g/mol. The van der Waals surface area contributed by atoms with E-state index < -0.39 is 0 Å². The van der Waals surface area contributed by atoms with Crippen LogP contribution >= 0.6 is 11.3 Å². The van der Waals surface area contributed by atoms with Gasteiger partial charge in [0, 0.05) is 11.3 Å². The number of amides is 1. The predicted molar refractivity (Wildman–Crippen MR) is 106 cm³/mol. The molecule has 0 fully saturated rings. The molecule has 3 rings (SSSR count). The summed E-state index contributed by atoms with van der Waals surface area (Å²) in [4.78, 5) is 13.0. The molecule has 5 heteroatoms. The molecule has 1 amide bonds. The van der Waals surface area contributed by atoms with Crippen molar-refractivity contribution in [1.82, 2.24) is 0 Å². The molecule has 0 aliphatic rings. The van der Waals surface area contributed by atoms with Crippen LogP contribution in [0.1, 0.15) is 26.4 Å². The third-order valence-electron chi connectivity index (χ3n) is 4.11. The highest BCUT2D eigenvalue weighted by Crippen LogP contribution is 2.22. The normalized spacial score (nSPS) is 10.4. The van der Waals surface area contributed by atoms with Crippen LogP contribution in [-0.2, 0) is 6.61 Å². The highest BCUT2D eigenvalue weighted by molar-refractivity contribution is 7.12. The number of rotatable bonds is 6. The molecule has 1 N–H and O–H groups in total. The van der Waals surface area contributed by atoms with E-state index in [1.807, 2.05) is 53.9 Å². The predicted octanol–water partition coefficient (Wildman–Crippen LogP) is 5.20. The Hall–Kier alpha value is -2.79. The zero-order valence-electron chi connectivity index (χ0n) is 15.0. The van der Waals surface area contributed by atoms with E-state index in [9.17, 15) is 4.79 Å². The number of carbonyl (C=O) groups is 1. The van der Waals surface area contributed by atoms with Gasteiger partial charge in [0.25, 0.3) is 5.91 Å². The van der Waals surface area contributed by atoms with E-state index in [4.69, 9.17) is 9.47 Å². The summed E-state index contributed by atoms with van der Waals surface area (Å²) in [7, 11) is 1.61. The smallest absolute Gasteiger partial charge is 0.265 e. The Kier molecular flexibility index (Phi) is 5.58. The first-order chi connectivity index (χ1) is 12.5. The van der Waals surface area contributed by atoms with Crippen molar-refractivity contribution >= 4 is 22.9 Å². The summed E-state index contributed by atoms with van der Waals surface area (Å²) < 4.78 is 10.9. The number of methoxy groups -OCH3 is 1. The van der Waals surface area contributed by atoms with Crippen LogP contribution in [-0.4, -0.2) is 13.0 Å². The zero-order chi connectivity index (χ0) is 18.5. The number of ether oxygens (including phenoxy) is 2. The van der Waals surface area contributed by atoms with Crippen LogP contribution in [0.5, 0.6) is 11.5 Å². The molecule has 0 unspecified atom stereocenters. The Labute approximate surface area is 157 Å². The third kappa shape index (κ3) is 4.43. The fraction of sp³-hybridized carbons (Fsp3) is 0.190. The lowest BCUT2D eigenvalue weighted by atomic mass is 10.1. The van der Waals surface area contributed by atoms with Crippen molar-refractivity contribution in [2.45, 2.75) is 20.5 Å². The molecule has 0 atom stereocenters. The molecule has 0 aliphatic carbocycles. The maximum Gasteiger partial charge on any atom is 0.265 e. The van der Waals surface area contributed by atoms with Crippen molar-refractivity contribution in [3.05, 3.63) is 75.5 Å². The number of benzene rings is 2. The number of hydrogen-bond acceptors (Lipinski definition) is 4. The summed E-state index contributed by atoms with van der Waals surface area (Å²) in [6.45, 7) is 4.58. The molecule has 0 saturated heterocycles. The van der Waals surface area contributed by atoms with Gasteiger partial charge < -0.3 is 14.8 Å². The molecule has 0 saturated carbocycles. The highest BCUT2D eigenvalue weighted by atomic mass is 32.1. The minimum atomic E-state index is -0.127. The van der Waals surface area contributed by atoms with Gasteiger partial charge in [-0.1, -0.05) is 6.07 Å². The van der Waals surface area contributed by atoms with E-state index in [-0.39, 0.29) is 5.91 Å². The van der Waals surface area contributed by atoms with Gasteiger partial charge in [0.15, 0.2) is 0 Å². The lowest BCUT2D eigenvalue weighted by Gasteiger charge is -2.07. The Morgan fingerprint density at radius 3 is 2.42 bits per heavy atom. The summed E-state index contributed by atoms with van der Waals surface area (Å²) >= 11 is 1.41. The number of anilines is 1. The highest BCUT2D eigenvalue weighted by Gasteiger charge is 2.10. The van der Waals surface area contributed by atoms with Gasteiger partial charge in [0.1, 0.15) is 18.1 Å². The standard InChI is InChI=1S/C21H21NO3S/c1-14-4-7-19(10-15(14)2)25-12-16-11-20(26-13-16)21(23)22-17-5-8-18(24-3)9-6-17/h4-11,13H,12H2,1-3H3,(H,22,23). The van der Waals surface area contributed by atoms with Gasteiger partial charge in [-0.3, -0.25) is 4.79 Å². The van der Waals surface area contributed by atoms with E-state index in [0.29, 0.717) is 11.5 Å². The number of carbonyl (C=O) groups excluding carboxylic acids is 1. The number of nitrogens with one attached hydrogen (secondary N) is 1. The van der Waals surface area contributed by atoms with Gasteiger partial charge in [-0.05, 0) is 72.8 Å². The Bertz CT molecular complexity index is 900. The monoisotopic (exact) mass is 367 g/mol. The molecule has 134 valence electrons. The van der Waals surface area contributed by atoms with Gasteiger partial charge in [-0.15, -0.1) is 11.3 Å². The van der Waals surface area contributed by atoms with E-state index in [0.717, 1.165) is 22.7 Å². The molecule has 26 heavy (non-hydrogen) atoms. The van der Waals surface area contributed by atoms with Crippen LogP contribution in [0.2, 0.25) is 0 Å². The van der Waals surface area contributed by atoms with Crippen LogP contribution in [0.4, 0.5) is 5.69 Å². The van der Waals surface area contributed by atoms with E-state index in [1.54, 1.807) is 7.11 Å². The van der Waals surface area contributed by atoms with Crippen LogP contribution in [0.15, 0.2) is 53.9 Å². The third-order valence-corrected chi connectivity index (χ3v) is 5.09. The number of aryl methyl sites for hydroxylation is 2. The molecular formula is C21H21NO3S. The fourth-order valence-corrected chi connectivity index (χ4v) is 3.20. The van der Waals surface area contributed by atoms with Crippen molar-refractivity contribution in [2.75, 3.05) is 12.4 Å². The summed E-state index contributed by atoms with van der Waals surface area (Å²) in [6, 6.07) is 15.2. The first kappa shape index (κ1) is 18.0. The second-order valence-corrected chi connectivity index (χ2v) is 6.95. The van der Waals surface area contributed by atoms with Crippen LogP contribution in [0, 0.1) is 13.8 Å². The van der Waals surface area contributed by atoms with E-state index in [2.05, 4.69) is 19.2 Å². The van der Waals surface area contributed by atoms with E-state index in [1.165, 1.54) is 22.5 Å². The van der Waals surface area contributed by atoms with Crippen molar-refractivity contribution < 1.29 is 14.3 Å². The molecule has 3 aromatic rings. The van der Waals surface area contributed by atoms with Crippen molar-refractivity contribution in [2.24, 2.45) is 0 Å². The molecule has 1 aromatic heterocycles. The van der Waals surface area contributed by atoms with Gasteiger partial charge in [0.2, 0.25) is 0 Å². The number of thiophene rings is 1. The average molecular weight is 367 g/mol. The van der Waals surface area contributed by atoms with Gasteiger partial charge >= 0.3 is 0 Å². The van der Waals surface area contributed by atoms with Crippen LogP contribution in [0.25, 0.3) is 0 Å². The molecule has 0 bridgehead atoms. The minimum Gasteiger partial charge on any atom is -0.497 e. The Morgan fingerprint density at radius 1 is 1.00 bits per heavy atom. The second-order valence-electron chi connectivity index (χ2n) is 6.04. The quantitative estimate of drug-likeness (QED) is 0.651. The minimum absolute atomic E-state index is 0.127. The topological polar surface area (TPSA) is 47.6 Å². The number of hydrogen-bond donors (Lipinski definition) is 1. The first-order valence-electron chi connectivity index (χ1n) is 8.28. The second kappa shape index (κ2) is 8.06. The van der Waals surface area contributed by atoms with Gasteiger partial charge in [-0.2, -0.15) is 0 Å². The lowest BCUT2D eigenvalue weighted by Crippen LogP contribution is -2.10. The molecule has 0 spiro atoms. The van der Waals surface area contributed by atoms with Gasteiger partial charge in [-0.25, -0.2) is 0 Å². The molecule has 0 radical (unpaired) electrons. The first-order valence-corrected chi connectivity index (χ1v) is 9.16. The molecule has 2 aromatic carbocycles. The maximum absolute atomic E-state index is 12.4. The Morgan fingerprint density at radius 2 is 1.73 bits per heavy atom. The summed E-state index contributed by atoms with van der Waals surface area (Å²) in [6.07, 6.45) is 0. The van der Waals surface area contributed by atoms with Crippen molar-refractivity contribution in [3.63, 3.8) is 0 Å². The summed E-state index contributed by atoms with van der Waals surface area (Å²) in [5.41, 5.74) is 4.16. The maximum atomic E-state index is 12.4. The van der Waals surface area contributed by atoms with Crippen LogP contribution < -0.4 is 14.8 Å². The SMILES string of the molecule is COc1ccc(NC(=O)c2cc(COc3ccc(C)c(C)c3)cs2)cc1. The summed E-state index contributed by atoms with van der Waals surface area (Å²) in [5, 5.41) is 4.83.